The molecule has 0 spiro atoms. The van der Waals surface area contributed by atoms with Crippen molar-refractivity contribution in [1.82, 2.24) is 0 Å². The van der Waals surface area contributed by atoms with Crippen LogP contribution in [0, 0.1) is 56.7 Å². The molecular formula is C37H50O4. The molecule has 0 aromatic heterocycles. The molecule has 0 saturated heterocycles. The molecule has 0 aliphatic heterocycles. The maximum absolute atomic E-state index is 12.9. The summed E-state index contributed by atoms with van der Waals surface area (Å²) in [4.78, 5) is 24.4. The second kappa shape index (κ2) is 9.07. The number of aromatic carboxylic acids is 1. The lowest BCUT2D eigenvalue weighted by molar-refractivity contribution is -0.227. The van der Waals surface area contributed by atoms with Crippen LogP contribution in [0.2, 0.25) is 0 Å². The Balaban J connectivity index is 1.37. The molecule has 6 rings (SSSR count). The first-order valence-corrected chi connectivity index (χ1v) is 16.1. The van der Waals surface area contributed by atoms with Gasteiger partial charge >= 0.3 is 11.9 Å². The average Bonchev–Trinajstić information content (AvgIpc) is 3.30. The van der Waals surface area contributed by atoms with Gasteiger partial charge in [0.1, 0.15) is 0 Å². The molecule has 5 aliphatic carbocycles. The van der Waals surface area contributed by atoms with Gasteiger partial charge in [-0.2, -0.15) is 0 Å². The highest BCUT2D eigenvalue weighted by atomic mass is 16.4. The summed E-state index contributed by atoms with van der Waals surface area (Å²) in [6.07, 6.45) is 11.9. The normalized spacial score (nSPS) is 44.4. The lowest BCUT2D eigenvalue weighted by Gasteiger charge is -2.72. The van der Waals surface area contributed by atoms with E-state index in [0.29, 0.717) is 29.2 Å². The molecule has 0 radical (unpaired) electrons. The van der Waals surface area contributed by atoms with Gasteiger partial charge in [0.15, 0.2) is 0 Å². The van der Waals surface area contributed by atoms with Crippen LogP contribution in [0.1, 0.15) is 115 Å². The van der Waals surface area contributed by atoms with Gasteiger partial charge in [-0.05, 0) is 139 Å². The van der Waals surface area contributed by atoms with Crippen LogP contribution in [0.4, 0.5) is 0 Å². The number of hydrogen-bond acceptors (Lipinski definition) is 2. The maximum atomic E-state index is 12.9. The minimum Gasteiger partial charge on any atom is -0.481 e. The molecule has 4 saturated carbocycles. The number of carboxylic acids is 2. The molecule has 5 aliphatic rings. The summed E-state index contributed by atoms with van der Waals surface area (Å²) >= 11 is 0. The highest BCUT2D eigenvalue weighted by Gasteiger charge is 2.71. The van der Waals surface area contributed by atoms with Crippen molar-refractivity contribution < 1.29 is 19.8 Å². The zero-order chi connectivity index (χ0) is 29.8. The molecule has 1 aromatic carbocycles. The fourth-order valence-corrected chi connectivity index (χ4v) is 12.4. The van der Waals surface area contributed by atoms with E-state index in [4.69, 9.17) is 0 Å². The highest BCUT2D eigenvalue weighted by Crippen LogP contribution is 2.77. The number of aliphatic carboxylic acids is 1. The monoisotopic (exact) mass is 558 g/mol. The lowest BCUT2D eigenvalue weighted by atomic mass is 9.32. The van der Waals surface area contributed by atoms with E-state index in [1.54, 1.807) is 12.1 Å². The lowest BCUT2D eigenvalue weighted by Crippen LogP contribution is -2.65. The van der Waals surface area contributed by atoms with Crippen molar-refractivity contribution in [3.05, 3.63) is 53.6 Å². The zero-order valence-electron chi connectivity index (χ0n) is 26.1. The fraction of sp³-hybridized carbons (Fsp3) is 0.676. The van der Waals surface area contributed by atoms with E-state index in [-0.39, 0.29) is 27.6 Å². The average molecular weight is 559 g/mol. The molecule has 4 nitrogen and oxygen atoms in total. The van der Waals surface area contributed by atoms with E-state index in [9.17, 15) is 19.8 Å². The number of carbonyl (C=O) groups is 2. The third kappa shape index (κ3) is 3.64. The van der Waals surface area contributed by atoms with Crippen molar-refractivity contribution in [1.29, 1.82) is 0 Å². The number of benzene rings is 1. The molecule has 41 heavy (non-hydrogen) atoms. The highest BCUT2D eigenvalue weighted by molar-refractivity contribution is 5.88. The van der Waals surface area contributed by atoms with E-state index < -0.39 is 17.4 Å². The van der Waals surface area contributed by atoms with E-state index in [1.807, 2.05) is 12.1 Å². The summed E-state index contributed by atoms with van der Waals surface area (Å²) in [5.74, 6) is 0.684. The molecule has 2 N–H and O–H groups in total. The van der Waals surface area contributed by atoms with Crippen molar-refractivity contribution in [2.45, 2.75) is 99.3 Å². The predicted molar refractivity (Wildman–Crippen MR) is 163 cm³/mol. The summed E-state index contributed by atoms with van der Waals surface area (Å²) in [6.45, 7) is 19.1. The largest absolute Gasteiger partial charge is 0.481 e. The smallest absolute Gasteiger partial charge is 0.335 e. The van der Waals surface area contributed by atoms with Gasteiger partial charge in [-0.1, -0.05) is 65.0 Å². The predicted octanol–water partition coefficient (Wildman–Crippen LogP) is 9.12. The van der Waals surface area contributed by atoms with Crippen LogP contribution in [0.25, 0.3) is 5.57 Å². The fourth-order valence-electron chi connectivity index (χ4n) is 12.4. The van der Waals surface area contributed by atoms with Crippen molar-refractivity contribution in [2.24, 2.45) is 56.7 Å². The first kappa shape index (κ1) is 28.7. The molecule has 222 valence electrons. The third-order valence-corrected chi connectivity index (χ3v) is 14.5. The van der Waals surface area contributed by atoms with Crippen LogP contribution in [0.15, 0.2) is 42.5 Å². The number of hydrogen-bond donors (Lipinski definition) is 2. The topological polar surface area (TPSA) is 74.6 Å². The summed E-state index contributed by atoms with van der Waals surface area (Å²) < 4.78 is 0. The van der Waals surface area contributed by atoms with Crippen molar-refractivity contribution in [3.8, 4) is 0 Å². The number of allylic oxidation sites excluding steroid dienone is 3. The third-order valence-electron chi connectivity index (χ3n) is 14.5. The Hall–Kier alpha value is -2.36. The summed E-state index contributed by atoms with van der Waals surface area (Å²) in [6, 6.07) is 7.47. The Kier molecular flexibility index (Phi) is 6.36. The van der Waals surface area contributed by atoms with Gasteiger partial charge in [0.05, 0.1) is 11.0 Å². The van der Waals surface area contributed by atoms with E-state index in [0.717, 1.165) is 44.1 Å². The van der Waals surface area contributed by atoms with Gasteiger partial charge in [-0.3, -0.25) is 4.79 Å². The quantitative estimate of drug-likeness (QED) is 0.361. The van der Waals surface area contributed by atoms with Gasteiger partial charge in [-0.15, -0.1) is 0 Å². The molecule has 0 amide bonds. The summed E-state index contributed by atoms with van der Waals surface area (Å²) in [5, 5.41) is 20.0. The van der Waals surface area contributed by atoms with Gasteiger partial charge in [-0.25, -0.2) is 4.79 Å². The Morgan fingerprint density at radius 2 is 1.51 bits per heavy atom. The van der Waals surface area contributed by atoms with Crippen LogP contribution < -0.4 is 0 Å². The number of rotatable bonds is 4. The minimum atomic E-state index is -0.882. The van der Waals surface area contributed by atoms with Crippen molar-refractivity contribution >= 4 is 17.5 Å². The molecule has 0 unspecified atom stereocenters. The van der Waals surface area contributed by atoms with E-state index >= 15 is 0 Å². The van der Waals surface area contributed by atoms with Gasteiger partial charge in [0.2, 0.25) is 0 Å². The minimum absolute atomic E-state index is 0.0155. The van der Waals surface area contributed by atoms with Crippen LogP contribution in [0.3, 0.4) is 0 Å². The van der Waals surface area contributed by atoms with Crippen molar-refractivity contribution in [3.63, 3.8) is 0 Å². The Bertz CT molecular complexity index is 1320. The molecule has 0 heterocycles. The number of carboxylic acid groups (broad SMARTS) is 2. The van der Waals surface area contributed by atoms with Gasteiger partial charge in [0, 0.05) is 0 Å². The first-order chi connectivity index (χ1) is 19.1. The molecule has 9 atom stereocenters. The molecule has 4 fully saturated rings. The number of fused-ring (bicyclic) bond motifs is 7. The zero-order valence-corrected chi connectivity index (χ0v) is 26.1. The molecule has 1 aromatic rings. The summed E-state index contributed by atoms with van der Waals surface area (Å²) in [5.41, 5.74) is 3.94. The first-order valence-electron chi connectivity index (χ1n) is 16.1. The van der Waals surface area contributed by atoms with Gasteiger partial charge in [0.25, 0.3) is 0 Å². The SMILES string of the molecule is C=C(C)[C@@H]1CC[C@]2(C(=O)O)CC[C@]3(C)[C@H](CC[C@@H]4[C@@]5(C)CC=C(c6ccc(C(=O)O)cc6)C(C)(C)[C@@H]5CC[C@]43C)[C@@H]12. The van der Waals surface area contributed by atoms with Crippen molar-refractivity contribution in [2.75, 3.05) is 0 Å². The van der Waals surface area contributed by atoms with E-state index in [1.165, 1.54) is 30.4 Å². The molecule has 0 bridgehead atoms. The Morgan fingerprint density at radius 3 is 2.12 bits per heavy atom. The molecular weight excluding hydrogens is 508 g/mol. The van der Waals surface area contributed by atoms with Crippen LogP contribution in [-0.2, 0) is 4.79 Å². The maximum Gasteiger partial charge on any atom is 0.335 e. The van der Waals surface area contributed by atoms with Gasteiger partial charge < -0.3 is 10.2 Å². The van der Waals surface area contributed by atoms with E-state index in [2.05, 4.69) is 54.2 Å². The second-order valence-corrected chi connectivity index (χ2v) is 16.1. The second-order valence-electron chi connectivity index (χ2n) is 16.1. The Morgan fingerprint density at radius 1 is 0.829 bits per heavy atom. The van der Waals surface area contributed by atoms with Crippen LogP contribution >= 0.6 is 0 Å². The summed E-state index contributed by atoms with van der Waals surface area (Å²) in [7, 11) is 0. The standard InChI is InChI=1S/C37H50O4/c1-22(2)25-14-19-37(32(40)41)21-20-35(6)27(30(25)37)12-13-29-34(5)17-15-26(23-8-10-24(11-9-23)31(38)39)33(3,4)28(34)16-18-36(29,35)7/h8-11,15,25,27-30H,1,12-14,16-21H2,2-7H3,(H,38,39)(H,40,41)/t25-,27+,28-,29+,30+,34-,35+,36+,37-/m0/s1. The Labute approximate surface area is 246 Å². The van der Waals surface area contributed by atoms with Crippen LogP contribution in [0.5, 0.6) is 0 Å². The molecule has 4 heteroatoms. The van der Waals surface area contributed by atoms with Crippen LogP contribution in [-0.4, -0.2) is 22.2 Å².